The second kappa shape index (κ2) is 5.19. The predicted octanol–water partition coefficient (Wildman–Crippen LogP) is 2.34. The fourth-order valence-electron chi connectivity index (χ4n) is 1.99. The number of halogens is 1. The first-order valence-electron chi connectivity index (χ1n) is 5.82. The smallest absolute Gasteiger partial charge is 0.207 e. The molecular weight excluding hydrogens is 273 g/mol. The van der Waals surface area contributed by atoms with Gasteiger partial charge in [0.15, 0.2) is 0 Å². The quantitative estimate of drug-likeness (QED) is 0.838. The SMILES string of the molecule is CC1SCCN(S(=O)(=O)c2ccc(F)cc2)C1C. The number of thioether (sulfide) groups is 1. The molecule has 3 nitrogen and oxygen atoms in total. The molecule has 0 N–H and O–H groups in total. The summed E-state index contributed by atoms with van der Waals surface area (Å²) in [5.74, 6) is 0.371. The second-order valence-electron chi connectivity index (χ2n) is 4.39. The van der Waals surface area contributed by atoms with Gasteiger partial charge in [-0.2, -0.15) is 16.1 Å². The number of hydrogen-bond acceptors (Lipinski definition) is 3. The van der Waals surface area contributed by atoms with Crippen molar-refractivity contribution in [3.05, 3.63) is 30.1 Å². The van der Waals surface area contributed by atoms with Gasteiger partial charge in [0.05, 0.1) is 4.90 Å². The van der Waals surface area contributed by atoms with Crippen LogP contribution in [0.4, 0.5) is 4.39 Å². The molecule has 0 amide bonds. The summed E-state index contributed by atoms with van der Waals surface area (Å²) in [5, 5.41) is 0.272. The zero-order chi connectivity index (χ0) is 13.3. The van der Waals surface area contributed by atoms with E-state index in [-0.39, 0.29) is 16.2 Å². The Labute approximate surface area is 111 Å². The first-order chi connectivity index (χ1) is 8.43. The molecule has 2 atom stereocenters. The zero-order valence-electron chi connectivity index (χ0n) is 10.3. The van der Waals surface area contributed by atoms with Crippen molar-refractivity contribution >= 4 is 21.8 Å². The zero-order valence-corrected chi connectivity index (χ0v) is 12.0. The summed E-state index contributed by atoms with van der Waals surface area (Å²) in [7, 11) is -3.51. The number of benzene rings is 1. The van der Waals surface area contributed by atoms with E-state index in [4.69, 9.17) is 0 Å². The molecule has 2 unspecified atom stereocenters. The third kappa shape index (κ3) is 2.55. The average Bonchev–Trinajstić information content (AvgIpc) is 2.33. The Hall–Kier alpha value is -0.590. The Kier molecular flexibility index (Phi) is 3.99. The van der Waals surface area contributed by atoms with Crippen LogP contribution in [0.25, 0.3) is 0 Å². The van der Waals surface area contributed by atoms with Crippen molar-refractivity contribution in [2.75, 3.05) is 12.3 Å². The van der Waals surface area contributed by atoms with Crippen molar-refractivity contribution < 1.29 is 12.8 Å². The highest BCUT2D eigenvalue weighted by atomic mass is 32.2. The van der Waals surface area contributed by atoms with Gasteiger partial charge in [0, 0.05) is 23.6 Å². The van der Waals surface area contributed by atoms with Crippen LogP contribution in [0.2, 0.25) is 0 Å². The first-order valence-corrected chi connectivity index (χ1v) is 8.31. The molecular formula is C12H16FNO2S2. The van der Waals surface area contributed by atoms with Crippen LogP contribution in [0.15, 0.2) is 29.2 Å². The van der Waals surface area contributed by atoms with Crippen LogP contribution in [0.1, 0.15) is 13.8 Å². The molecule has 6 heteroatoms. The van der Waals surface area contributed by atoms with Gasteiger partial charge in [-0.1, -0.05) is 6.92 Å². The highest BCUT2D eigenvalue weighted by Crippen LogP contribution is 2.29. The summed E-state index contributed by atoms with van der Waals surface area (Å²) in [6, 6.07) is 4.96. The van der Waals surface area contributed by atoms with Crippen LogP contribution in [0.3, 0.4) is 0 Å². The van der Waals surface area contributed by atoms with Crippen LogP contribution < -0.4 is 0 Å². The van der Waals surface area contributed by atoms with Crippen molar-refractivity contribution in [3.8, 4) is 0 Å². The lowest BCUT2D eigenvalue weighted by atomic mass is 10.2. The fourth-order valence-corrected chi connectivity index (χ4v) is 4.98. The summed E-state index contributed by atoms with van der Waals surface area (Å²) in [5.41, 5.74) is 0. The molecule has 0 aromatic heterocycles. The molecule has 0 aliphatic carbocycles. The van der Waals surface area contributed by atoms with Crippen molar-refractivity contribution in [1.29, 1.82) is 0 Å². The van der Waals surface area contributed by atoms with Gasteiger partial charge >= 0.3 is 0 Å². The summed E-state index contributed by atoms with van der Waals surface area (Å²) in [4.78, 5) is 0.162. The van der Waals surface area contributed by atoms with E-state index in [0.717, 1.165) is 5.75 Å². The molecule has 0 saturated carbocycles. The maximum atomic E-state index is 12.8. The van der Waals surface area contributed by atoms with Crippen molar-refractivity contribution in [2.24, 2.45) is 0 Å². The normalized spacial score (nSPS) is 26.2. The molecule has 1 aromatic rings. The highest BCUT2D eigenvalue weighted by molar-refractivity contribution is 8.00. The molecule has 1 heterocycles. The standard InChI is InChI=1S/C12H16FNO2S2/c1-9-10(2)17-8-7-14(9)18(15,16)12-5-3-11(13)4-6-12/h3-6,9-10H,7-8H2,1-2H3. The fraction of sp³-hybridized carbons (Fsp3) is 0.500. The van der Waals surface area contributed by atoms with Gasteiger partial charge in [0.25, 0.3) is 0 Å². The molecule has 100 valence electrons. The molecule has 1 saturated heterocycles. The van der Waals surface area contributed by atoms with E-state index in [1.54, 1.807) is 11.8 Å². The lowest BCUT2D eigenvalue weighted by Crippen LogP contribution is -2.47. The van der Waals surface area contributed by atoms with Crippen LogP contribution in [0, 0.1) is 5.82 Å². The topological polar surface area (TPSA) is 37.4 Å². The van der Waals surface area contributed by atoms with E-state index in [1.807, 2.05) is 13.8 Å². The molecule has 0 spiro atoms. The molecule has 18 heavy (non-hydrogen) atoms. The van der Waals surface area contributed by atoms with Crippen LogP contribution >= 0.6 is 11.8 Å². The second-order valence-corrected chi connectivity index (χ2v) is 7.76. The molecule has 1 aliphatic heterocycles. The lowest BCUT2D eigenvalue weighted by Gasteiger charge is -2.36. The van der Waals surface area contributed by atoms with E-state index < -0.39 is 15.8 Å². The highest BCUT2D eigenvalue weighted by Gasteiger charge is 2.34. The molecule has 2 rings (SSSR count). The molecule has 1 fully saturated rings. The lowest BCUT2D eigenvalue weighted by molar-refractivity contribution is 0.340. The van der Waals surface area contributed by atoms with Gasteiger partial charge in [-0.15, -0.1) is 0 Å². The first kappa shape index (κ1) is 13.8. The van der Waals surface area contributed by atoms with Crippen LogP contribution in [-0.2, 0) is 10.0 Å². The van der Waals surface area contributed by atoms with Gasteiger partial charge in [0.1, 0.15) is 5.82 Å². The summed E-state index contributed by atoms with van der Waals surface area (Å²) >= 11 is 1.78. The minimum absolute atomic E-state index is 0.0428. The number of nitrogens with zero attached hydrogens (tertiary/aromatic N) is 1. The number of rotatable bonds is 2. The average molecular weight is 289 g/mol. The van der Waals surface area contributed by atoms with E-state index in [1.165, 1.54) is 28.6 Å². The maximum Gasteiger partial charge on any atom is 0.243 e. The molecule has 0 radical (unpaired) electrons. The Bertz CT molecular complexity index is 515. The number of sulfonamides is 1. The Balaban J connectivity index is 2.33. The largest absolute Gasteiger partial charge is 0.243 e. The minimum Gasteiger partial charge on any atom is -0.207 e. The van der Waals surface area contributed by atoms with Crippen LogP contribution in [0.5, 0.6) is 0 Å². The Morgan fingerprint density at radius 1 is 1.28 bits per heavy atom. The van der Waals surface area contributed by atoms with Crippen molar-refractivity contribution in [3.63, 3.8) is 0 Å². The molecule has 1 aliphatic rings. The third-order valence-corrected chi connectivity index (χ3v) is 6.58. The Morgan fingerprint density at radius 2 is 1.89 bits per heavy atom. The van der Waals surface area contributed by atoms with Crippen LogP contribution in [-0.4, -0.2) is 36.3 Å². The summed E-state index contributed by atoms with van der Waals surface area (Å²) in [6.45, 7) is 4.45. The summed E-state index contributed by atoms with van der Waals surface area (Å²) in [6.07, 6.45) is 0. The maximum absolute atomic E-state index is 12.8. The molecule has 0 bridgehead atoms. The molecule has 1 aromatic carbocycles. The minimum atomic E-state index is -3.51. The van der Waals surface area contributed by atoms with Crippen molar-refractivity contribution in [1.82, 2.24) is 4.31 Å². The van der Waals surface area contributed by atoms with E-state index in [2.05, 4.69) is 0 Å². The third-order valence-electron chi connectivity index (χ3n) is 3.25. The van der Waals surface area contributed by atoms with Gasteiger partial charge < -0.3 is 0 Å². The van der Waals surface area contributed by atoms with E-state index in [9.17, 15) is 12.8 Å². The van der Waals surface area contributed by atoms with Crippen molar-refractivity contribution in [2.45, 2.75) is 30.0 Å². The number of hydrogen-bond donors (Lipinski definition) is 0. The van der Waals surface area contributed by atoms with Gasteiger partial charge in [-0.3, -0.25) is 0 Å². The predicted molar refractivity (Wildman–Crippen MR) is 71.7 cm³/mol. The van der Waals surface area contributed by atoms with Gasteiger partial charge in [-0.05, 0) is 31.2 Å². The van der Waals surface area contributed by atoms with Gasteiger partial charge in [0.2, 0.25) is 10.0 Å². The monoisotopic (exact) mass is 289 g/mol. The van der Waals surface area contributed by atoms with E-state index >= 15 is 0 Å². The van der Waals surface area contributed by atoms with Gasteiger partial charge in [-0.25, -0.2) is 12.8 Å². The summed E-state index contributed by atoms with van der Waals surface area (Å²) < 4.78 is 39.3. The Morgan fingerprint density at radius 3 is 2.50 bits per heavy atom. The van der Waals surface area contributed by atoms with E-state index in [0.29, 0.717) is 6.54 Å².